The molecule has 0 fully saturated rings. The van der Waals surface area contributed by atoms with Gasteiger partial charge in [0.1, 0.15) is 16.8 Å². The Morgan fingerprint density at radius 3 is 2.82 bits per heavy atom. The van der Waals surface area contributed by atoms with E-state index in [9.17, 15) is 10.1 Å². The van der Waals surface area contributed by atoms with Gasteiger partial charge < -0.3 is 10.1 Å². The highest BCUT2D eigenvalue weighted by atomic mass is 32.1. The number of nitriles is 1. The van der Waals surface area contributed by atoms with Gasteiger partial charge in [0.2, 0.25) is 5.91 Å². The SMILES string of the molecule is COc1ccc(/C=C/C(=O)NC(=S)Nc2sc3c(c2C#N)CC[C@H](C)C3)cc1. The number of hydrogen-bond donors (Lipinski definition) is 2. The Morgan fingerprint density at radius 1 is 1.39 bits per heavy atom. The summed E-state index contributed by atoms with van der Waals surface area (Å²) in [4.78, 5) is 13.4. The minimum Gasteiger partial charge on any atom is -0.497 e. The topological polar surface area (TPSA) is 74.2 Å². The van der Waals surface area contributed by atoms with Crippen LogP contribution in [-0.4, -0.2) is 18.1 Å². The smallest absolute Gasteiger partial charge is 0.250 e. The molecule has 7 heteroatoms. The number of nitrogens with zero attached hydrogens (tertiary/aromatic N) is 1. The Kier molecular flexibility index (Phi) is 6.45. The van der Waals surface area contributed by atoms with Gasteiger partial charge in [0.15, 0.2) is 5.11 Å². The number of benzene rings is 1. The second kappa shape index (κ2) is 9.00. The van der Waals surface area contributed by atoms with Gasteiger partial charge in [0.05, 0.1) is 12.7 Å². The maximum Gasteiger partial charge on any atom is 0.250 e. The lowest BCUT2D eigenvalue weighted by Crippen LogP contribution is -2.32. The molecule has 28 heavy (non-hydrogen) atoms. The van der Waals surface area contributed by atoms with Crippen molar-refractivity contribution in [1.82, 2.24) is 5.32 Å². The van der Waals surface area contributed by atoms with E-state index in [0.717, 1.165) is 36.1 Å². The van der Waals surface area contributed by atoms with E-state index in [1.165, 1.54) is 11.0 Å². The molecule has 2 N–H and O–H groups in total. The van der Waals surface area contributed by atoms with E-state index in [1.54, 1.807) is 24.5 Å². The zero-order valence-electron chi connectivity index (χ0n) is 15.7. The van der Waals surface area contributed by atoms with Gasteiger partial charge in [-0.15, -0.1) is 11.3 Å². The van der Waals surface area contributed by atoms with Crippen LogP contribution in [0.2, 0.25) is 0 Å². The van der Waals surface area contributed by atoms with Crippen LogP contribution >= 0.6 is 23.6 Å². The van der Waals surface area contributed by atoms with Crippen molar-refractivity contribution >= 4 is 45.7 Å². The Labute approximate surface area is 174 Å². The molecule has 0 aliphatic heterocycles. The van der Waals surface area contributed by atoms with Crippen molar-refractivity contribution in [2.75, 3.05) is 12.4 Å². The minimum absolute atomic E-state index is 0.188. The first-order valence-electron chi connectivity index (χ1n) is 8.99. The van der Waals surface area contributed by atoms with Crippen LogP contribution in [0.15, 0.2) is 30.3 Å². The summed E-state index contributed by atoms with van der Waals surface area (Å²) in [6, 6.07) is 9.65. The van der Waals surface area contributed by atoms with Gasteiger partial charge in [-0.05, 0) is 66.7 Å². The Morgan fingerprint density at radius 2 is 2.14 bits per heavy atom. The van der Waals surface area contributed by atoms with E-state index < -0.39 is 0 Å². The van der Waals surface area contributed by atoms with Crippen LogP contribution in [0.1, 0.15) is 34.9 Å². The van der Waals surface area contributed by atoms with Crippen molar-refractivity contribution in [2.24, 2.45) is 5.92 Å². The van der Waals surface area contributed by atoms with E-state index in [-0.39, 0.29) is 11.0 Å². The number of amides is 1. The van der Waals surface area contributed by atoms with Crippen LogP contribution < -0.4 is 15.4 Å². The van der Waals surface area contributed by atoms with Crippen molar-refractivity contribution in [1.29, 1.82) is 5.26 Å². The molecule has 5 nitrogen and oxygen atoms in total. The van der Waals surface area contributed by atoms with Crippen LogP contribution in [-0.2, 0) is 17.6 Å². The summed E-state index contributed by atoms with van der Waals surface area (Å²) < 4.78 is 5.11. The number of rotatable bonds is 4. The Hall–Kier alpha value is -2.69. The van der Waals surface area contributed by atoms with E-state index in [2.05, 4.69) is 23.6 Å². The van der Waals surface area contributed by atoms with E-state index >= 15 is 0 Å². The molecule has 0 spiro atoms. The van der Waals surface area contributed by atoms with E-state index in [1.807, 2.05) is 24.3 Å². The van der Waals surface area contributed by atoms with E-state index in [4.69, 9.17) is 17.0 Å². The third kappa shape index (κ3) is 4.77. The molecular weight excluding hydrogens is 390 g/mol. The number of nitrogens with one attached hydrogen (secondary N) is 2. The molecular formula is C21H21N3O2S2. The fourth-order valence-corrected chi connectivity index (χ4v) is 4.76. The zero-order valence-corrected chi connectivity index (χ0v) is 17.4. The molecule has 144 valence electrons. The second-order valence-electron chi connectivity index (χ2n) is 6.72. The number of hydrogen-bond acceptors (Lipinski definition) is 5. The predicted octanol–water partition coefficient (Wildman–Crippen LogP) is 4.28. The monoisotopic (exact) mass is 411 g/mol. The summed E-state index contributed by atoms with van der Waals surface area (Å²) >= 11 is 6.81. The molecule has 0 radical (unpaired) electrons. The molecule has 1 amide bonds. The van der Waals surface area contributed by atoms with Crippen LogP contribution in [0.5, 0.6) is 5.75 Å². The number of thiocarbonyl (C=S) groups is 1. The average Bonchev–Trinajstić information content (AvgIpc) is 3.02. The predicted molar refractivity (Wildman–Crippen MR) is 117 cm³/mol. The summed E-state index contributed by atoms with van der Waals surface area (Å²) in [5.74, 6) is 1.05. The molecule has 3 rings (SSSR count). The van der Waals surface area contributed by atoms with Gasteiger partial charge in [0, 0.05) is 11.0 Å². The molecule has 2 aromatic rings. The lowest BCUT2D eigenvalue weighted by Gasteiger charge is -2.17. The molecule has 1 aromatic carbocycles. The molecule has 1 aromatic heterocycles. The lowest BCUT2D eigenvalue weighted by atomic mass is 9.89. The molecule has 1 atom stereocenters. The maximum absolute atomic E-state index is 12.1. The van der Waals surface area contributed by atoms with Crippen molar-refractivity contribution in [3.05, 3.63) is 51.9 Å². The number of methoxy groups -OCH3 is 1. The van der Waals surface area contributed by atoms with Crippen LogP contribution in [0.25, 0.3) is 6.08 Å². The van der Waals surface area contributed by atoms with Crippen molar-refractivity contribution in [3.63, 3.8) is 0 Å². The van der Waals surface area contributed by atoms with Crippen molar-refractivity contribution in [3.8, 4) is 11.8 Å². The first-order chi connectivity index (χ1) is 13.5. The molecule has 0 unspecified atom stereocenters. The number of carbonyl (C=O) groups excluding carboxylic acids is 1. The highest BCUT2D eigenvalue weighted by Crippen LogP contribution is 2.39. The van der Waals surface area contributed by atoms with Gasteiger partial charge in [-0.3, -0.25) is 10.1 Å². The maximum atomic E-state index is 12.1. The molecule has 0 bridgehead atoms. The van der Waals surface area contributed by atoms with Gasteiger partial charge >= 0.3 is 0 Å². The third-order valence-electron chi connectivity index (χ3n) is 4.63. The molecule has 1 aliphatic carbocycles. The summed E-state index contributed by atoms with van der Waals surface area (Å²) in [6.07, 6.45) is 6.11. The number of carbonyl (C=O) groups is 1. The lowest BCUT2D eigenvalue weighted by molar-refractivity contribution is -0.115. The third-order valence-corrected chi connectivity index (χ3v) is 6.00. The fraction of sp³-hybridized carbons (Fsp3) is 0.286. The summed E-state index contributed by atoms with van der Waals surface area (Å²) in [5.41, 5.74) is 2.65. The Bertz CT molecular complexity index is 955. The quantitative estimate of drug-likeness (QED) is 0.580. The summed E-state index contributed by atoms with van der Waals surface area (Å²) in [5, 5.41) is 16.1. The van der Waals surface area contributed by atoms with E-state index in [0.29, 0.717) is 16.5 Å². The summed E-state index contributed by atoms with van der Waals surface area (Å²) in [7, 11) is 1.61. The van der Waals surface area contributed by atoms with Crippen molar-refractivity contribution in [2.45, 2.75) is 26.2 Å². The average molecular weight is 412 g/mol. The highest BCUT2D eigenvalue weighted by molar-refractivity contribution is 7.80. The van der Waals surface area contributed by atoms with Crippen LogP contribution in [0.3, 0.4) is 0 Å². The molecule has 0 saturated heterocycles. The van der Waals surface area contributed by atoms with Gasteiger partial charge in [-0.25, -0.2) is 0 Å². The number of thiophene rings is 1. The first-order valence-corrected chi connectivity index (χ1v) is 10.2. The summed E-state index contributed by atoms with van der Waals surface area (Å²) in [6.45, 7) is 2.22. The molecule has 1 heterocycles. The largest absolute Gasteiger partial charge is 0.497 e. The van der Waals surface area contributed by atoms with Crippen molar-refractivity contribution < 1.29 is 9.53 Å². The molecule has 0 saturated carbocycles. The standard InChI is InChI=1S/C21H21N3O2S2/c1-13-3-9-16-17(12-22)20(28-18(16)11-13)24-21(27)23-19(25)10-6-14-4-7-15(26-2)8-5-14/h4-8,10,13H,3,9,11H2,1-2H3,(H2,23,24,25,27)/b10-6+/t13-/m0/s1. The highest BCUT2D eigenvalue weighted by Gasteiger charge is 2.24. The van der Waals surface area contributed by atoms with Gasteiger partial charge in [0.25, 0.3) is 0 Å². The Balaban J connectivity index is 1.61. The van der Waals surface area contributed by atoms with Gasteiger partial charge in [-0.1, -0.05) is 19.1 Å². The minimum atomic E-state index is -0.332. The second-order valence-corrected chi connectivity index (χ2v) is 8.23. The normalized spacial score (nSPS) is 15.5. The number of ether oxygens (including phenoxy) is 1. The number of fused-ring (bicyclic) bond motifs is 1. The number of anilines is 1. The zero-order chi connectivity index (χ0) is 20.1. The fourth-order valence-electron chi connectivity index (χ4n) is 3.13. The van der Waals surface area contributed by atoms with Crippen LogP contribution in [0, 0.1) is 17.2 Å². The van der Waals surface area contributed by atoms with Gasteiger partial charge in [-0.2, -0.15) is 5.26 Å². The first kappa shape index (κ1) is 20.1. The van der Waals surface area contributed by atoms with Crippen LogP contribution in [0.4, 0.5) is 5.00 Å². The molecule has 1 aliphatic rings.